The van der Waals surface area contributed by atoms with Gasteiger partial charge in [-0.25, -0.2) is 0 Å². The fraction of sp³-hybridized carbons (Fsp3) is 0. The molecule has 0 spiro atoms. The molecule has 13 rings (SSSR count). The molecule has 59 heavy (non-hydrogen) atoms. The molecule has 0 amide bonds. The minimum Gasteiger partial charge on any atom is -0.310 e. The van der Waals surface area contributed by atoms with Gasteiger partial charge in [0.05, 0.1) is 22.4 Å². The Morgan fingerprint density at radius 2 is 0.763 bits per heavy atom. The van der Waals surface area contributed by atoms with Gasteiger partial charge in [0, 0.05) is 79.6 Å². The second-order valence-electron chi connectivity index (χ2n) is 15.3. The van der Waals surface area contributed by atoms with Crippen molar-refractivity contribution in [3.8, 4) is 16.8 Å². The Kier molecular flexibility index (Phi) is 7.05. The predicted molar refractivity (Wildman–Crippen MR) is 255 cm³/mol. The van der Waals surface area contributed by atoms with Crippen molar-refractivity contribution in [1.29, 1.82) is 0 Å². The third-order valence-electron chi connectivity index (χ3n) is 12.0. The average Bonchev–Trinajstić information content (AvgIpc) is 3.97. The van der Waals surface area contributed by atoms with Crippen LogP contribution in [-0.4, -0.2) is 4.57 Å². The van der Waals surface area contributed by atoms with E-state index in [1.165, 1.54) is 67.7 Å². The van der Waals surface area contributed by atoms with Gasteiger partial charge in [-0.05, 0) is 114 Å². The summed E-state index contributed by atoms with van der Waals surface area (Å²) in [7, 11) is 0. The number of benzene rings is 9. The summed E-state index contributed by atoms with van der Waals surface area (Å²) in [5.74, 6) is 0. The van der Waals surface area contributed by atoms with Crippen molar-refractivity contribution < 1.29 is 0 Å². The molecule has 4 heterocycles. The number of anilines is 6. The van der Waals surface area contributed by atoms with Crippen molar-refractivity contribution in [2.24, 2.45) is 0 Å². The van der Waals surface area contributed by atoms with Crippen molar-refractivity contribution in [3.05, 3.63) is 200 Å². The molecule has 276 valence electrons. The molecule has 3 nitrogen and oxygen atoms in total. The normalized spacial score (nSPS) is 12.7. The number of rotatable bonds is 4. The molecular weight excluding hydrogens is 755 g/mol. The van der Waals surface area contributed by atoms with Crippen LogP contribution < -0.4 is 9.80 Å². The third kappa shape index (κ3) is 4.93. The molecule has 2 bridgehead atoms. The van der Waals surface area contributed by atoms with E-state index in [1.807, 2.05) is 22.7 Å². The molecule has 0 saturated carbocycles. The van der Waals surface area contributed by atoms with Crippen LogP contribution in [0.4, 0.5) is 34.1 Å². The summed E-state index contributed by atoms with van der Waals surface area (Å²) in [6.07, 6.45) is 0. The van der Waals surface area contributed by atoms with Gasteiger partial charge in [0.15, 0.2) is 0 Å². The topological polar surface area (TPSA) is 11.4 Å². The first kappa shape index (κ1) is 32.9. The Balaban J connectivity index is 1.19. The Morgan fingerprint density at radius 1 is 0.288 bits per heavy atom. The van der Waals surface area contributed by atoms with Crippen LogP contribution in [0, 0.1) is 0 Å². The summed E-state index contributed by atoms with van der Waals surface area (Å²) in [4.78, 5) is 5.02. The smallest absolute Gasteiger partial charge is 0.0563 e. The molecule has 0 aliphatic carbocycles. The van der Waals surface area contributed by atoms with Crippen LogP contribution in [-0.2, 0) is 0 Å². The molecule has 0 radical (unpaired) electrons. The van der Waals surface area contributed by atoms with E-state index in [4.69, 9.17) is 0 Å². The summed E-state index contributed by atoms with van der Waals surface area (Å²) in [6.45, 7) is 0. The lowest BCUT2D eigenvalue weighted by Gasteiger charge is -2.29. The molecule has 5 heteroatoms. The molecule has 0 unspecified atom stereocenters. The SMILES string of the molecule is c1ccc(-c2cc3cc(c2)N(c2ccc4sc5ccccc5c4c2)c2cccc4c2c2c(cccc2n4-c2ccccc2)N3c2ccc3sc4ccccc4c3c2)cc1. The maximum Gasteiger partial charge on any atom is 0.0563 e. The zero-order chi connectivity index (χ0) is 38.6. The van der Waals surface area contributed by atoms with Crippen LogP contribution in [0.2, 0.25) is 0 Å². The number of fused-ring (bicyclic) bond motifs is 8. The maximum atomic E-state index is 2.51. The van der Waals surface area contributed by atoms with Crippen LogP contribution in [0.3, 0.4) is 0 Å². The summed E-state index contributed by atoms with van der Waals surface area (Å²) in [5, 5.41) is 7.57. The standard InChI is InChI=1S/C54H33N3S2/c1-3-13-34(14-4-1)35-29-39-31-40(30-35)56(38-26-28-52-44(33-38)42-18-8-10-24-50(42)59-52)46-20-12-22-48-54(46)53-45(19-11-21-47(53)57(48)36-15-5-2-6-16-36)55(39)37-25-27-51-43(32-37)41-17-7-9-23-49(41)58-51/h1-33H. The molecule has 12 aromatic rings. The Bertz CT molecular complexity index is 3440. The molecule has 1 aliphatic rings. The van der Waals surface area contributed by atoms with Crippen LogP contribution in [0.1, 0.15) is 0 Å². The van der Waals surface area contributed by atoms with Crippen molar-refractivity contribution in [2.45, 2.75) is 0 Å². The molecule has 0 atom stereocenters. The first-order chi connectivity index (χ1) is 29.2. The quantitative estimate of drug-likeness (QED) is 0.176. The van der Waals surface area contributed by atoms with E-state index in [2.05, 4.69) is 215 Å². The third-order valence-corrected chi connectivity index (χ3v) is 14.3. The van der Waals surface area contributed by atoms with Crippen LogP contribution in [0.25, 0.3) is 79.0 Å². The highest BCUT2D eigenvalue weighted by molar-refractivity contribution is 7.26. The summed E-state index contributed by atoms with van der Waals surface area (Å²) in [5.41, 5.74) is 12.6. The largest absolute Gasteiger partial charge is 0.310 e. The lowest BCUT2D eigenvalue weighted by Crippen LogP contribution is -2.13. The molecule has 0 N–H and O–H groups in total. The molecule has 0 saturated heterocycles. The zero-order valence-corrected chi connectivity index (χ0v) is 33.3. The highest BCUT2D eigenvalue weighted by Gasteiger charge is 2.29. The van der Waals surface area contributed by atoms with Gasteiger partial charge in [-0.15, -0.1) is 22.7 Å². The monoisotopic (exact) mass is 787 g/mol. The van der Waals surface area contributed by atoms with E-state index < -0.39 is 0 Å². The van der Waals surface area contributed by atoms with Crippen molar-refractivity contribution >= 4 is 119 Å². The van der Waals surface area contributed by atoms with Crippen molar-refractivity contribution in [2.75, 3.05) is 9.80 Å². The number of para-hydroxylation sites is 1. The maximum absolute atomic E-state index is 2.51. The number of hydrogen-bond donors (Lipinski definition) is 0. The highest BCUT2D eigenvalue weighted by atomic mass is 32.1. The molecule has 9 aromatic carbocycles. The first-order valence-electron chi connectivity index (χ1n) is 20.0. The number of nitrogens with zero attached hydrogens (tertiary/aromatic N) is 3. The zero-order valence-electron chi connectivity index (χ0n) is 31.7. The lowest BCUT2D eigenvalue weighted by atomic mass is 10.0. The van der Waals surface area contributed by atoms with Gasteiger partial charge < -0.3 is 14.4 Å². The van der Waals surface area contributed by atoms with Gasteiger partial charge >= 0.3 is 0 Å². The first-order valence-corrected chi connectivity index (χ1v) is 21.6. The molecular formula is C54H33N3S2. The van der Waals surface area contributed by atoms with Gasteiger partial charge in [0.1, 0.15) is 0 Å². The second-order valence-corrected chi connectivity index (χ2v) is 17.5. The minimum absolute atomic E-state index is 1.10. The summed E-state index contributed by atoms with van der Waals surface area (Å²) >= 11 is 3.72. The van der Waals surface area contributed by atoms with E-state index in [9.17, 15) is 0 Å². The van der Waals surface area contributed by atoms with Crippen LogP contribution >= 0.6 is 22.7 Å². The summed E-state index contributed by atoms with van der Waals surface area (Å²) < 4.78 is 7.65. The Hall–Kier alpha value is -7.18. The highest BCUT2D eigenvalue weighted by Crippen LogP contribution is 2.53. The van der Waals surface area contributed by atoms with Crippen molar-refractivity contribution in [3.63, 3.8) is 0 Å². The average molecular weight is 788 g/mol. The molecule has 0 fully saturated rings. The van der Waals surface area contributed by atoms with E-state index in [1.54, 1.807) is 0 Å². The Labute approximate surface area is 348 Å². The lowest BCUT2D eigenvalue weighted by molar-refractivity contribution is 1.18. The summed E-state index contributed by atoms with van der Waals surface area (Å²) in [6, 6.07) is 74.1. The van der Waals surface area contributed by atoms with E-state index >= 15 is 0 Å². The second kappa shape index (κ2) is 12.7. The van der Waals surface area contributed by atoms with Gasteiger partial charge in [0.25, 0.3) is 0 Å². The number of aromatic nitrogens is 1. The molecule has 1 aliphatic heterocycles. The van der Waals surface area contributed by atoms with E-state index in [-0.39, 0.29) is 0 Å². The molecule has 3 aromatic heterocycles. The minimum atomic E-state index is 1.10. The van der Waals surface area contributed by atoms with Gasteiger partial charge in [0.2, 0.25) is 0 Å². The van der Waals surface area contributed by atoms with Gasteiger partial charge in [-0.1, -0.05) is 97.1 Å². The van der Waals surface area contributed by atoms with Crippen LogP contribution in [0.15, 0.2) is 200 Å². The Morgan fingerprint density at radius 3 is 1.31 bits per heavy atom. The van der Waals surface area contributed by atoms with Crippen LogP contribution in [0.5, 0.6) is 0 Å². The van der Waals surface area contributed by atoms with Crippen molar-refractivity contribution in [1.82, 2.24) is 4.57 Å². The van der Waals surface area contributed by atoms with Gasteiger partial charge in [-0.2, -0.15) is 0 Å². The van der Waals surface area contributed by atoms with E-state index in [0.717, 1.165) is 45.4 Å². The predicted octanol–water partition coefficient (Wildman–Crippen LogP) is 16.4. The van der Waals surface area contributed by atoms with Gasteiger partial charge in [-0.3, -0.25) is 0 Å². The fourth-order valence-corrected chi connectivity index (χ4v) is 11.7. The number of thiophene rings is 2. The van der Waals surface area contributed by atoms with E-state index in [0.29, 0.717) is 0 Å². The fourth-order valence-electron chi connectivity index (χ4n) is 9.51. The number of hydrogen-bond acceptors (Lipinski definition) is 4.